The van der Waals surface area contributed by atoms with Crippen LogP contribution in [0.2, 0.25) is 0 Å². The van der Waals surface area contributed by atoms with Gasteiger partial charge in [0, 0.05) is 64.8 Å². The van der Waals surface area contributed by atoms with E-state index in [2.05, 4.69) is 22.9 Å². The first-order valence-electron chi connectivity index (χ1n) is 10.4. The lowest BCUT2D eigenvalue weighted by atomic mass is 9.96. The van der Waals surface area contributed by atoms with Gasteiger partial charge in [0.1, 0.15) is 5.75 Å². The second kappa shape index (κ2) is 9.72. The van der Waals surface area contributed by atoms with Crippen molar-refractivity contribution < 1.29 is 14.6 Å². The number of likely N-dealkylation sites (tertiary alicyclic amines) is 1. The Kier molecular flexibility index (Phi) is 7.32. The van der Waals surface area contributed by atoms with Crippen LogP contribution in [0.1, 0.15) is 17.5 Å². The minimum absolute atomic E-state index is 0.164. The highest BCUT2D eigenvalue weighted by Crippen LogP contribution is 2.26. The summed E-state index contributed by atoms with van der Waals surface area (Å²) < 4.78 is 5.38. The summed E-state index contributed by atoms with van der Waals surface area (Å²) in [4.78, 5) is 19.6. The van der Waals surface area contributed by atoms with E-state index < -0.39 is 0 Å². The van der Waals surface area contributed by atoms with Gasteiger partial charge in [0.05, 0.1) is 7.11 Å². The molecule has 1 aromatic carbocycles. The van der Waals surface area contributed by atoms with Gasteiger partial charge in [0.25, 0.3) is 0 Å². The van der Waals surface area contributed by atoms with Crippen molar-refractivity contribution in [3.05, 3.63) is 29.3 Å². The molecule has 2 heterocycles. The summed E-state index contributed by atoms with van der Waals surface area (Å²) in [5, 5.41) is 9.82. The van der Waals surface area contributed by atoms with E-state index in [0.29, 0.717) is 18.9 Å². The molecular weight excluding hydrogens is 354 g/mol. The highest BCUT2D eigenvalue weighted by atomic mass is 16.5. The summed E-state index contributed by atoms with van der Waals surface area (Å²) in [6, 6.07) is 6.14. The zero-order chi connectivity index (χ0) is 20.1. The lowest BCUT2D eigenvalue weighted by Gasteiger charge is -2.34. The SMILES string of the molecule is COc1cc(CCC(=O)N2C[C@@H](CN3CCN(C)CC3)[C@@H](CO)C2)ccc1C. The molecule has 2 aliphatic rings. The second-order valence-electron chi connectivity index (χ2n) is 8.41. The van der Waals surface area contributed by atoms with E-state index in [0.717, 1.165) is 62.6 Å². The van der Waals surface area contributed by atoms with Gasteiger partial charge in [-0.05, 0) is 43.5 Å². The van der Waals surface area contributed by atoms with Crippen molar-refractivity contribution in [2.45, 2.75) is 19.8 Å². The maximum absolute atomic E-state index is 12.8. The Morgan fingerprint density at radius 1 is 1.18 bits per heavy atom. The molecule has 3 rings (SSSR count). The third-order valence-electron chi connectivity index (χ3n) is 6.35. The fraction of sp³-hybridized carbons (Fsp3) is 0.682. The van der Waals surface area contributed by atoms with Crippen LogP contribution in [0.3, 0.4) is 0 Å². The van der Waals surface area contributed by atoms with Crippen molar-refractivity contribution in [1.82, 2.24) is 14.7 Å². The van der Waals surface area contributed by atoms with Gasteiger partial charge in [-0.3, -0.25) is 4.79 Å². The molecule has 0 radical (unpaired) electrons. The molecule has 0 saturated carbocycles. The maximum atomic E-state index is 12.8. The van der Waals surface area contributed by atoms with E-state index in [-0.39, 0.29) is 18.4 Å². The molecule has 0 aromatic heterocycles. The van der Waals surface area contributed by atoms with Crippen molar-refractivity contribution in [2.75, 3.05) is 66.6 Å². The number of benzene rings is 1. The number of carbonyl (C=O) groups is 1. The van der Waals surface area contributed by atoms with E-state index in [1.165, 1.54) is 0 Å². The number of methoxy groups -OCH3 is 1. The lowest BCUT2D eigenvalue weighted by Crippen LogP contribution is -2.47. The van der Waals surface area contributed by atoms with Gasteiger partial charge in [-0.25, -0.2) is 0 Å². The summed E-state index contributed by atoms with van der Waals surface area (Å²) in [6.45, 7) is 8.97. The van der Waals surface area contributed by atoms with Gasteiger partial charge in [0.2, 0.25) is 5.91 Å². The molecule has 0 aliphatic carbocycles. The molecule has 156 valence electrons. The van der Waals surface area contributed by atoms with Gasteiger partial charge in [-0.1, -0.05) is 12.1 Å². The number of nitrogens with zero attached hydrogens (tertiary/aromatic N) is 3. The Bertz CT molecular complexity index is 658. The van der Waals surface area contributed by atoms with E-state index in [4.69, 9.17) is 4.74 Å². The van der Waals surface area contributed by atoms with Crippen LogP contribution in [0, 0.1) is 18.8 Å². The summed E-state index contributed by atoms with van der Waals surface area (Å²) >= 11 is 0. The average Bonchev–Trinajstić information content (AvgIpc) is 3.11. The predicted molar refractivity (Wildman–Crippen MR) is 111 cm³/mol. The molecule has 2 aliphatic heterocycles. The van der Waals surface area contributed by atoms with E-state index >= 15 is 0 Å². The number of rotatable bonds is 7. The van der Waals surface area contributed by atoms with E-state index in [1.807, 2.05) is 24.0 Å². The Hall–Kier alpha value is -1.63. The fourth-order valence-electron chi connectivity index (χ4n) is 4.35. The maximum Gasteiger partial charge on any atom is 0.222 e. The monoisotopic (exact) mass is 389 g/mol. The first-order chi connectivity index (χ1) is 13.5. The predicted octanol–water partition coefficient (Wildman–Crippen LogP) is 1.25. The minimum Gasteiger partial charge on any atom is -0.496 e. The third kappa shape index (κ3) is 5.25. The molecule has 1 amide bonds. The van der Waals surface area contributed by atoms with Crippen molar-refractivity contribution in [2.24, 2.45) is 11.8 Å². The molecule has 1 N–H and O–H groups in total. The van der Waals surface area contributed by atoms with Crippen molar-refractivity contribution in [1.29, 1.82) is 0 Å². The zero-order valence-electron chi connectivity index (χ0n) is 17.6. The number of ether oxygens (including phenoxy) is 1. The number of likely N-dealkylation sites (N-methyl/N-ethyl adjacent to an activating group) is 1. The number of hydrogen-bond acceptors (Lipinski definition) is 5. The normalized spacial score (nSPS) is 23.9. The van der Waals surface area contributed by atoms with Crippen LogP contribution in [0.25, 0.3) is 0 Å². The molecule has 2 atom stereocenters. The summed E-state index contributed by atoms with van der Waals surface area (Å²) in [7, 11) is 3.84. The van der Waals surface area contributed by atoms with Crippen LogP contribution in [0.5, 0.6) is 5.75 Å². The number of piperazine rings is 1. The molecule has 6 heteroatoms. The summed E-state index contributed by atoms with van der Waals surface area (Å²) in [5.74, 6) is 1.64. The summed E-state index contributed by atoms with van der Waals surface area (Å²) in [6.07, 6.45) is 1.23. The highest BCUT2D eigenvalue weighted by Gasteiger charge is 2.35. The van der Waals surface area contributed by atoms with Gasteiger partial charge < -0.3 is 24.5 Å². The average molecular weight is 390 g/mol. The standard InChI is InChI=1S/C22H35N3O3/c1-17-4-5-18(12-21(17)28-3)6-7-22(27)25-14-19(20(15-25)16-26)13-24-10-8-23(2)9-11-24/h4-5,12,19-20,26H,6-11,13-16H2,1-3H3/t19-,20-/m1/s1. The molecular formula is C22H35N3O3. The van der Waals surface area contributed by atoms with E-state index in [9.17, 15) is 9.90 Å². The smallest absolute Gasteiger partial charge is 0.222 e. The molecule has 0 spiro atoms. The quantitative estimate of drug-likeness (QED) is 0.761. The molecule has 28 heavy (non-hydrogen) atoms. The summed E-state index contributed by atoms with van der Waals surface area (Å²) in [5.41, 5.74) is 2.23. The molecule has 2 fully saturated rings. The molecule has 0 bridgehead atoms. The van der Waals surface area contributed by atoms with Gasteiger partial charge in [0.15, 0.2) is 0 Å². The fourth-order valence-corrected chi connectivity index (χ4v) is 4.35. The Labute approximate surface area is 169 Å². The van der Waals surface area contributed by atoms with Crippen molar-refractivity contribution in [3.8, 4) is 5.75 Å². The van der Waals surface area contributed by atoms with Crippen LogP contribution in [-0.4, -0.2) is 92.3 Å². The topological polar surface area (TPSA) is 56.2 Å². The molecule has 0 unspecified atom stereocenters. The Morgan fingerprint density at radius 3 is 2.57 bits per heavy atom. The molecule has 2 saturated heterocycles. The number of hydrogen-bond donors (Lipinski definition) is 1. The van der Waals surface area contributed by atoms with Crippen LogP contribution in [0.15, 0.2) is 18.2 Å². The lowest BCUT2D eigenvalue weighted by molar-refractivity contribution is -0.130. The number of aliphatic hydroxyl groups is 1. The number of carbonyl (C=O) groups excluding carboxylic acids is 1. The Morgan fingerprint density at radius 2 is 1.89 bits per heavy atom. The minimum atomic E-state index is 0.164. The third-order valence-corrected chi connectivity index (χ3v) is 6.35. The second-order valence-corrected chi connectivity index (χ2v) is 8.41. The van der Waals surface area contributed by atoms with Gasteiger partial charge in [-0.15, -0.1) is 0 Å². The largest absolute Gasteiger partial charge is 0.496 e. The van der Waals surface area contributed by atoms with Crippen LogP contribution < -0.4 is 4.74 Å². The van der Waals surface area contributed by atoms with Gasteiger partial charge in [-0.2, -0.15) is 0 Å². The van der Waals surface area contributed by atoms with Crippen LogP contribution >= 0.6 is 0 Å². The molecule has 1 aromatic rings. The Balaban J connectivity index is 1.51. The van der Waals surface area contributed by atoms with Crippen LogP contribution in [0.4, 0.5) is 0 Å². The highest BCUT2D eigenvalue weighted by molar-refractivity contribution is 5.76. The zero-order valence-corrected chi connectivity index (χ0v) is 17.6. The van der Waals surface area contributed by atoms with Crippen LogP contribution in [-0.2, 0) is 11.2 Å². The van der Waals surface area contributed by atoms with Gasteiger partial charge >= 0.3 is 0 Å². The number of amides is 1. The van der Waals surface area contributed by atoms with E-state index in [1.54, 1.807) is 7.11 Å². The first kappa shape index (κ1) is 21.1. The van der Waals surface area contributed by atoms with Crippen molar-refractivity contribution in [3.63, 3.8) is 0 Å². The van der Waals surface area contributed by atoms with Crippen molar-refractivity contribution >= 4 is 5.91 Å². The first-order valence-corrected chi connectivity index (χ1v) is 10.4. The number of aliphatic hydroxyl groups excluding tert-OH is 1. The number of aryl methyl sites for hydroxylation is 2. The molecule has 6 nitrogen and oxygen atoms in total.